The van der Waals surface area contributed by atoms with Gasteiger partial charge in [0.1, 0.15) is 5.75 Å². The van der Waals surface area contributed by atoms with Crippen molar-refractivity contribution in [3.8, 4) is 5.75 Å². The zero-order chi connectivity index (χ0) is 17.6. The molecule has 0 heterocycles. The molecule has 1 atom stereocenters. The van der Waals surface area contributed by atoms with Crippen LogP contribution in [-0.2, 0) is 11.2 Å². The summed E-state index contributed by atoms with van der Waals surface area (Å²) in [6.07, 6.45) is 8.72. The predicted octanol–water partition coefficient (Wildman–Crippen LogP) is 4.27. The Hall–Kier alpha value is -1.51. The molecule has 0 spiro atoms. The monoisotopic (exact) mass is 341 g/mol. The second-order valence-corrected chi connectivity index (χ2v) is 9.06. The standard InChI is InChI=1S/C22H31NO2/c1-14-4-5-20(25-3)19(6-14)10-21(24)23-15(2)22-11-16-7-17(12-22)9-18(8-16)13-22/h4-6,15-18H,7-13H2,1-3H3,(H,23,24)/t15-,16?,17?,18?,22?/m1/s1. The van der Waals surface area contributed by atoms with Gasteiger partial charge < -0.3 is 10.1 Å². The Morgan fingerprint density at radius 1 is 1.20 bits per heavy atom. The summed E-state index contributed by atoms with van der Waals surface area (Å²) in [5, 5.41) is 3.36. The summed E-state index contributed by atoms with van der Waals surface area (Å²) in [5.74, 6) is 3.70. The van der Waals surface area contributed by atoms with Gasteiger partial charge >= 0.3 is 0 Å². The lowest BCUT2D eigenvalue weighted by Gasteiger charge is -2.59. The molecule has 4 aliphatic carbocycles. The van der Waals surface area contributed by atoms with Crippen molar-refractivity contribution in [1.82, 2.24) is 5.32 Å². The molecule has 136 valence electrons. The molecule has 0 aliphatic heterocycles. The Balaban J connectivity index is 1.44. The number of carbonyl (C=O) groups excluding carboxylic acids is 1. The van der Waals surface area contributed by atoms with Crippen molar-refractivity contribution in [2.24, 2.45) is 23.2 Å². The summed E-state index contributed by atoms with van der Waals surface area (Å²) in [6, 6.07) is 6.33. The molecule has 3 heteroatoms. The minimum atomic E-state index is 0.132. The third kappa shape index (κ3) is 3.18. The largest absolute Gasteiger partial charge is 0.496 e. The maximum absolute atomic E-state index is 12.7. The molecule has 1 N–H and O–H groups in total. The molecular weight excluding hydrogens is 310 g/mol. The number of amides is 1. The van der Waals surface area contributed by atoms with E-state index in [4.69, 9.17) is 4.74 Å². The van der Waals surface area contributed by atoms with Crippen molar-refractivity contribution < 1.29 is 9.53 Å². The maximum atomic E-state index is 12.7. The van der Waals surface area contributed by atoms with E-state index in [-0.39, 0.29) is 11.9 Å². The summed E-state index contributed by atoms with van der Waals surface area (Å²) in [6.45, 7) is 4.30. The van der Waals surface area contributed by atoms with Crippen molar-refractivity contribution in [3.05, 3.63) is 29.3 Å². The van der Waals surface area contributed by atoms with Crippen molar-refractivity contribution in [3.63, 3.8) is 0 Å². The molecule has 4 saturated carbocycles. The number of aryl methyl sites for hydroxylation is 1. The summed E-state index contributed by atoms with van der Waals surface area (Å²) in [4.78, 5) is 12.7. The zero-order valence-corrected chi connectivity index (χ0v) is 15.8. The first-order valence-corrected chi connectivity index (χ1v) is 9.90. The van der Waals surface area contributed by atoms with Crippen molar-refractivity contribution >= 4 is 5.91 Å². The topological polar surface area (TPSA) is 38.3 Å². The molecular formula is C22H31NO2. The lowest BCUT2D eigenvalue weighted by molar-refractivity contribution is -0.125. The first kappa shape index (κ1) is 16.9. The van der Waals surface area contributed by atoms with Gasteiger partial charge in [0.15, 0.2) is 0 Å². The van der Waals surface area contributed by atoms with Crippen molar-refractivity contribution in [1.29, 1.82) is 0 Å². The molecule has 0 radical (unpaired) electrons. The Morgan fingerprint density at radius 3 is 2.36 bits per heavy atom. The van der Waals surface area contributed by atoms with Gasteiger partial charge in [-0.2, -0.15) is 0 Å². The zero-order valence-electron chi connectivity index (χ0n) is 15.8. The van der Waals surface area contributed by atoms with Crippen LogP contribution in [0.25, 0.3) is 0 Å². The average Bonchev–Trinajstić information content (AvgIpc) is 2.53. The number of nitrogens with one attached hydrogen (secondary N) is 1. The number of carbonyl (C=O) groups is 1. The minimum Gasteiger partial charge on any atom is -0.496 e. The van der Waals surface area contributed by atoms with Crippen LogP contribution in [-0.4, -0.2) is 19.1 Å². The molecule has 1 aromatic rings. The molecule has 0 aromatic heterocycles. The smallest absolute Gasteiger partial charge is 0.224 e. The number of benzene rings is 1. The van der Waals surface area contributed by atoms with Gasteiger partial charge in [0.2, 0.25) is 5.91 Å². The second-order valence-electron chi connectivity index (χ2n) is 9.06. The first-order valence-electron chi connectivity index (χ1n) is 9.90. The molecule has 3 nitrogen and oxygen atoms in total. The highest BCUT2D eigenvalue weighted by Crippen LogP contribution is 2.61. The van der Waals surface area contributed by atoms with Crippen LogP contribution in [0.5, 0.6) is 5.75 Å². The van der Waals surface area contributed by atoms with E-state index in [0.29, 0.717) is 11.8 Å². The van der Waals surface area contributed by atoms with Gasteiger partial charge in [-0.1, -0.05) is 17.7 Å². The van der Waals surface area contributed by atoms with E-state index in [2.05, 4.69) is 25.2 Å². The van der Waals surface area contributed by atoms with E-state index in [1.54, 1.807) is 7.11 Å². The van der Waals surface area contributed by atoms with Crippen LogP contribution in [0.2, 0.25) is 0 Å². The van der Waals surface area contributed by atoms with Crippen LogP contribution in [0.4, 0.5) is 0 Å². The Kier molecular flexibility index (Phi) is 4.29. The number of hydrogen-bond acceptors (Lipinski definition) is 2. The van der Waals surface area contributed by atoms with E-state index in [9.17, 15) is 4.79 Å². The van der Waals surface area contributed by atoms with E-state index >= 15 is 0 Å². The van der Waals surface area contributed by atoms with E-state index in [0.717, 1.165) is 34.6 Å². The highest BCUT2D eigenvalue weighted by Gasteiger charge is 2.53. The summed E-state index contributed by atoms with van der Waals surface area (Å²) >= 11 is 0. The fourth-order valence-electron chi connectivity index (χ4n) is 6.37. The quantitative estimate of drug-likeness (QED) is 0.869. The average molecular weight is 341 g/mol. The first-order chi connectivity index (χ1) is 12.0. The summed E-state index contributed by atoms with van der Waals surface area (Å²) in [7, 11) is 1.67. The lowest BCUT2D eigenvalue weighted by atomic mass is 9.48. The van der Waals surface area contributed by atoms with Crippen LogP contribution in [0, 0.1) is 30.1 Å². The highest BCUT2D eigenvalue weighted by atomic mass is 16.5. The predicted molar refractivity (Wildman–Crippen MR) is 99.6 cm³/mol. The van der Waals surface area contributed by atoms with Gasteiger partial charge in [-0.25, -0.2) is 0 Å². The molecule has 1 amide bonds. The lowest BCUT2D eigenvalue weighted by Crippen LogP contribution is -2.56. The van der Waals surface area contributed by atoms with Crippen molar-refractivity contribution in [2.45, 2.75) is 64.8 Å². The summed E-state index contributed by atoms with van der Waals surface area (Å²) < 4.78 is 5.43. The minimum absolute atomic E-state index is 0.132. The molecule has 1 aromatic carbocycles. The van der Waals surface area contributed by atoms with Gasteiger partial charge in [0, 0.05) is 11.6 Å². The van der Waals surface area contributed by atoms with E-state index in [1.807, 2.05) is 12.1 Å². The van der Waals surface area contributed by atoms with Gasteiger partial charge in [0.25, 0.3) is 0 Å². The van der Waals surface area contributed by atoms with Gasteiger partial charge in [-0.15, -0.1) is 0 Å². The normalized spacial score (nSPS) is 34.0. The van der Waals surface area contributed by atoms with Crippen LogP contribution in [0.3, 0.4) is 0 Å². The summed E-state index contributed by atoms with van der Waals surface area (Å²) in [5.41, 5.74) is 2.51. The molecule has 0 unspecified atom stereocenters. The number of ether oxygens (including phenoxy) is 1. The molecule has 4 aliphatic rings. The maximum Gasteiger partial charge on any atom is 0.224 e. The van der Waals surface area contributed by atoms with Crippen LogP contribution in [0.15, 0.2) is 18.2 Å². The number of methoxy groups -OCH3 is 1. The Labute approximate surface area is 151 Å². The van der Waals surface area contributed by atoms with Crippen LogP contribution >= 0.6 is 0 Å². The molecule has 0 saturated heterocycles. The Morgan fingerprint density at radius 2 is 1.80 bits per heavy atom. The molecule has 4 bridgehead atoms. The fourth-order valence-corrected chi connectivity index (χ4v) is 6.37. The number of rotatable bonds is 5. The molecule has 4 fully saturated rings. The Bertz CT molecular complexity index is 631. The van der Waals surface area contributed by atoms with Crippen molar-refractivity contribution in [2.75, 3.05) is 7.11 Å². The molecule has 25 heavy (non-hydrogen) atoms. The van der Waals surface area contributed by atoms with Gasteiger partial charge in [-0.3, -0.25) is 4.79 Å². The van der Waals surface area contributed by atoms with E-state index < -0.39 is 0 Å². The fraction of sp³-hybridized carbons (Fsp3) is 0.682. The van der Waals surface area contributed by atoms with Gasteiger partial charge in [-0.05, 0) is 81.6 Å². The van der Waals surface area contributed by atoms with Crippen LogP contribution in [0.1, 0.15) is 56.6 Å². The highest BCUT2D eigenvalue weighted by molar-refractivity contribution is 5.79. The van der Waals surface area contributed by atoms with Gasteiger partial charge in [0.05, 0.1) is 13.5 Å². The van der Waals surface area contributed by atoms with Crippen LogP contribution < -0.4 is 10.1 Å². The third-order valence-corrected chi connectivity index (χ3v) is 7.17. The third-order valence-electron chi connectivity index (χ3n) is 7.17. The number of hydrogen-bond donors (Lipinski definition) is 1. The second kappa shape index (κ2) is 6.34. The molecule has 5 rings (SSSR count). The SMILES string of the molecule is COc1ccc(C)cc1CC(=O)N[C@H](C)C12CC3CC(CC(C3)C1)C2. The van der Waals surface area contributed by atoms with E-state index in [1.165, 1.54) is 38.5 Å².